The molecule has 0 bridgehead atoms. The lowest BCUT2D eigenvalue weighted by molar-refractivity contribution is -0.113. The summed E-state index contributed by atoms with van der Waals surface area (Å²) in [5.41, 5.74) is 0.359. The topological polar surface area (TPSA) is 75.7 Å². The Balaban J connectivity index is 1.47. The largest absolute Gasteiger partial charge is 0.495 e. The number of anilines is 1. The van der Waals surface area contributed by atoms with Crippen molar-refractivity contribution in [3.8, 4) is 5.75 Å². The number of sulfonamides is 1. The maximum absolute atomic E-state index is 13.2. The van der Waals surface area contributed by atoms with Gasteiger partial charge >= 0.3 is 0 Å². The average Bonchev–Trinajstić information content (AvgIpc) is 3.13. The number of ether oxygens (including phenoxy) is 1. The summed E-state index contributed by atoms with van der Waals surface area (Å²) in [4.78, 5) is 13.8. The van der Waals surface area contributed by atoms with Gasteiger partial charge in [-0.25, -0.2) is 8.42 Å². The Kier molecular flexibility index (Phi) is 7.57. The lowest BCUT2D eigenvalue weighted by atomic mass is 10.1. The molecule has 1 fully saturated rings. The van der Waals surface area contributed by atoms with Crippen molar-refractivity contribution < 1.29 is 17.9 Å². The minimum absolute atomic E-state index is 0.169. The Labute approximate surface area is 199 Å². The van der Waals surface area contributed by atoms with E-state index in [-0.39, 0.29) is 16.6 Å². The van der Waals surface area contributed by atoms with Crippen molar-refractivity contribution in [2.45, 2.75) is 35.5 Å². The van der Waals surface area contributed by atoms with Crippen molar-refractivity contribution in [2.75, 3.05) is 31.3 Å². The summed E-state index contributed by atoms with van der Waals surface area (Å²) in [5.74, 6) is 0.398. The molecule has 0 atom stereocenters. The number of rotatable bonds is 7. The van der Waals surface area contributed by atoms with E-state index in [9.17, 15) is 13.2 Å². The first-order valence-electron chi connectivity index (χ1n) is 11.1. The van der Waals surface area contributed by atoms with Gasteiger partial charge in [0.15, 0.2) is 0 Å². The van der Waals surface area contributed by atoms with Crippen LogP contribution in [0.1, 0.15) is 25.7 Å². The van der Waals surface area contributed by atoms with Crippen LogP contribution in [-0.4, -0.2) is 44.6 Å². The molecule has 3 aromatic carbocycles. The lowest BCUT2D eigenvalue weighted by Gasteiger charge is -2.21. The van der Waals surface area contributed by atoms with Crippen LogP contribution >= 0.6 is 11.8 Å². The van der Waals surface area contributed by atoms with Crippen LogP contribution in [0, 0.1) is 0 Å². The van der Waals surface area contributed by atoms with Crippen molar-refractivity contribution in [1.82, 2.24) is 4.31 Å². The molecular weight excluding hydrogens is 456 g/mol. The van der Waals surface area contributed by atoms with Gasteiger partial charge < -0.3 is 10.1 Å². The Morgan fingerprint density at radius 3 is 2.42 bits per heavy atom. The summed E-state index contributed by atoms with van der Waals surface area (Å²) in [6, 6.07) is 18.8. The Morgan fingerprint density at radius 1 is 0.970 bits per heavy atom. The van der Waals surface area contributed by atoms with E-state index in [1.165, 1.54) is 24.9 Å². The highest BCUT2D eigenvalue weighted by atomic mass is 32.2. The van der Waals surface area contributed by atoms with Crippen molar-refractivity contribution in [2.24, 2.45) is 0 Å². The third kappa shape index (κ3) is 5.69. The van der Waals surface area contributed by atoms with Gasteiger partial charge in [0, 0.05) is 18.0 Å². The smallest absolute Gasteiger partial charge is 0.243 e. The highest BCUT2D eigenvalue weighted by Crippen LogP contribution is 2.30. The van der Waals surface area contributed by atoms with E-state index in [1.54, 1.807) is 16.4 Å². The van der Waals surface area contributed by atoms with Crippen LogP contribution in [0.2, 0.25) is 0 Å². The number of hydrogen-bond acceptors (Lipinski definition) is 5. The SMILES string of the molecule is COc1ccc(S(=O)(=O)N2CCCCCC2)cc1NC(=O)CSc1ccc2ccccc2c1. The number of amides is 1. The Bertz CT molecular complexity index is 1240. The fourth-order valence-corrected chi connectivity index (χ4v) is 6.26. The van der Waals surface area contributed by atoms with Gasteiger partial charge in [-0.3, -0.25) is 4.79 Å². The third-order valence-electron chi connectivity index (χ3n) is 5.74. The maximum atomic E-state index is 13.2. The van der Waals surface area contributed by atoms with Crippen LogP contribution in [0.25, 0.3) is 10.8 Å². The molecule has 0 unspecified atom stereocenters. The van der Waals surface area contributed by atoms with Crippen LogP contribution in [0.4, 0.5) is 5.69 Å². The van der Waals surface area contributed by atoms with Gasteiger partial charge in [0.2, 0.25) is 15.9 Å². The summed E-state index contributed by atoms with van der Waals surface area (Å²) in [5, 5.41) is 5.10. The predicted molar refractivity (Wildman–Crippen MR) is 134 cm³/mol. The summed E-state index contributed by atoms with van der Waals surface area (Å²) in [7, 11) is -2.13. The Hall–Kier alpha value is -2.55. The number of nitrogens with zero attached hydrogens (tertiary/aromatic N) is 1. The van der Waals surface area contributed by atoms with Crippen molar-refractivity contribution >= 4 is 44.2 Å². The zero-order valence-electron chi connectivity index (χ0n) is 18.6. The minimum atomic E-state index is -3.62. The molecule has 0 radical (unpaired) electrons. The molecule has 1 saturated heterocycles. The zero-order chi connectivity index (χ0) is 23.3. The number of fused-ring (bicyclic) bond motifs is 1. The third-order valence-corrected chi connectivity index (χ3v) is 8.63. The molecule has 174 valence electrons. The number of methoxy groups -OCH3 is 1. The number of hydrogen-bond donors (Lipinski definition) is 1. The average molecular weight is 485 g/mol. The van der Waals surface area contributed by atoms with Gasteiger partial charge in [0.1, 0.15) is 5.75 Å². The van der Waals surface area contributed by atoms with Gasteiger partial charge in [0.05, 0.1) is 23.4 Å². The van der Waals surface area contributed by atoms with E-state index in [2.05, 4.69) is 17.4 Å². The van der Waals surface area contributed by atoms with Crippen molar-refractivity contribution in [1.29, 1.82) is 0 Å². The monoisotopic (exact) mass is 484 g/mol. The van der Waals surface area contributed by atoms with E-state index in [0.717, 1.165) is 41.4 Å². The molecule has 6 nitrogen and oxygen atoms in total. The number of carbonyl (C=O) groups is 1. The van der Waals surface area contributed by atoms with Gasteiger partial charge in [-0.1, -0.05) is 43.2 Å². The molecule has 8 heteroatoms. The van der Waals surface area contributed by atoms with Crippen LogP contribution in [0.3, 0.4) is 0 Å². The van der Waals surface area contributed by atoms with Gasteiger partial charge in [-0.2, -0.15) is 4.31 Å². The van der Waals surface area contributed by atoms with Gasteiger partial charge in [-0.15, -0.1) is 11.8 Å². The fraction of sp³-hybridized carbons (Fsp3) is 0.320. The second-order valence-corrected chi connectivity index (χ2v) is 11.0. The molecule has 1 N–H and O–H groups in total. The predicted octanol–water partition coefficient (Wildman–Crippen LogP) is 5.14. The lowest BCUT2D eigenvalue weighted by Crippen LogP contribution is -2.32. The van der Waals surface area contributed by atoms with E-state index in [1.807, 2.05) is 30.3 Å². The number of carbonyl (C=O) groups excluding carboxylic acids is 1. The molecule has 1 aliphatic heterocycles. The molecule has 1 aliphatic rings. The summed E-state index contributed by atoms with van der Waals surface area (Å²) < 4.78 is 33.2. The van der Waals surface area contributed by atoms with Crippen molar-refractivity contribution in [3.05, 3.63) is 60.7 Å². The van der Waals surface area contributed by atoms with Crippen LogP contribution in [0.15, 0.2) is 70.5 Å². The quantitative estimate of drug-likeness (QED) is 0.470. The maximum Gasteiger partial charge on any atom is 0.243 e. The first kappa shape index (κ1) is 23.6. The Morgan fingerprint density at radius 2 is 1.70 bits per heavy atom. The highest BCUT2D eigenvalue weighted by molar-refractivity contribution is 8.00. The second kappa shape index (κ2) is 10.6. The fourth-order valence-electron chi connectivity index (χ4n) is 3.97. The molecule has 0 aliphatic carbocycles. The van der Waals surface area contributed by atoms with Gasteiger partial charge in [0.25, 0.3) is 0 Å². The van der Waals surface area contributed by atoms with Crippen LogP contribution in [-0.2, 0) is 14.8 Å². The summed E-state index contributed by atoms with van der Waals surface area (Å²) in [6.45, 7) is 1.05. The first-order valence-corrected chi connectivity index (χ1v) is 13.5. The molecule has 0 spiro atoms. The van der Waals surface area contributed by atoms with E-state index >= 15 is 0 Å². The van der Waals surface area contributed by atoms with Crippen molar-refractivity contribution in [3.63, 3.8) is 0 Å². The van der Waals surface area contributed by atoms with E-state index in [4.69, 9.17) is 4.74 Å². The van der Waals surface area contributed by atoms with Gasteiger partial charge in [-0.05, 0) is 53.9 Å². The molecule has 0 saturated carbocycles. The molecule has 1 amide bonds. The minimum Gasteiger partial charge on any atom is -0.495 e. The zero-order valence-corrected chi connectivity index (χ0v) is 20.3. The van der Waals surface area contributed by atoms with E-state index < -0.39 is 10.0 Å². The van der Waals surface area contributed by atoms with Crippen LogP contribution in [0.5, 0.6) is 5.75 Å². The first-order chi connectivity index (χ1) is 16.0. The molecule has 1 heterocycles. The summed E-state index contributed by atoms with van der Waals surface area (Å²) >= 11 is 1.43. The number of nitrogens with one attached hydrogen (secondary N) is 1. The number of benzene rings is 3. The molecule has 33 heavy (non-hydrogen) atoms. The second-order valence-electron chi connectivity index (χ2n) is 8.03. The standard InChI is InChI=1S/C25H28N2O4S2/c1-31-24-13-12-22(33(29,30)27-14-6-2-3-7-15-27)17-23(24)26-25(28)18-32-21-11-10-19-8-4-5-9-20(19)16-21/h4-5,8-13,16-17H,2-3,6-7,14-15,18H2,1H3,(H,26,28). The highest BCUT2D eigenvalue weighted by Gasteiger charge is 2.26. The molecule has 4 rings (SSSR count). The van der Waals surface area contributed by atoms with Crippen LogP contribution < -0.4 is 10.1 Å². The molecule has 3 aromatic rings. The normalized spacial score (nSPS) is 15.2. The summed E-state index contributed by atoms with van der Waals surface area (Å²) in [6.07, 6.45) is 3.82. The molecule has 0 aromatic heterocycles. The van der Waals surface area contributed by atoms with E-state index in [0.29, 0.717) is 24.5 Å². The number of thioether (sulfide) groups is 1. The molecular formula is C25H28N2O4S2.